The van der Waals surface area contributed by atoms with Crippen LogP contribution in [0.2, 0.25) is 15.1 Å². The van der Waals surface area contributed by atoms with Crippen LogP contribution in [-0.4, -0.2) is 35.1 Å². The second-order valence-corrected chi connectivity index (χ2v) is 8.80. The molecule has 0 radical (unpaired) electrons. The van der Waals surface area contributed by atoms with Crippen molar-refractivity contribution in [1.29, 1.82) is 0 Å². The lowest BCUT2D eigenvalue weighted by atomic mass is 10.1. The largest absolute Gasteiger partial charge is 0.354 e. The van der Waals surface area contributed by atoms with Gasteiger partial charge in [0.2, 0.25) is 11.8 Å². The molecule has 2 rings (SSSR count). The van der Waals surface area contributed by atoms with Gasteiger partial charge < -0.3 is 10.2 Å². The zero-order chi connectivity index (χ0) is 21.4. The van der Waals surface area contributed by atoms with E-state index in [1.54, 1.807) is 42.2 Å². The normalized spacial score (nSPS) is 11.8. The van der Waals surface area contributed by atoms with E-state index < -0.39 is 6.04 Å². The Kier molecular flexibility index (Phi) is 9.63. The van der Waals surface area contributed by atoms with Gasteiger partial charge in [-0.2, -0.15) is 0 Å². The standard InChI is InChI=1S/C21H23Cl3N2O2S/c1-3-10-25-21(28)14(2)26(12-15-4-5-17(23)11-19(15)24)20(27)13-29-18-8-6-16(22)7-9-18/h4-9,11,14H,3,10,12-13H2,1-2H3,(H,25,28). The Balaban J connectivity index is 2.16. The average Bonchev–Trinajstić information content (AvgIpc) is 2.70. The molecule has 0 aliphatic heterocycles. The Morgan fingerprint density at radius 1 is 1.07 bits per heavy atom. The van der Waals surface area contributed by atoms with Crippen LogP contribution in [0.5, 0.6) is 0 Å². The summed E-state index contributed by atoms with van der Waals surface area (Å²) in [7, 11) is 0. The Hall–Kier alpha value is -1.40. The van der Waals surface area contributed by atoms with Crippen molar-refractivity contribution in [2.24, 2.45) is 0 Å². The summed E-state index contributed by atoms with van der Waals surface area (Å²) in [6, 6.07) is 11.8. The van der Waals surface area contributed by atoms with E-state index >= 15 is 0 Å². The van der Waals surface area contributed by atoms with Crippen molar-refractivity contribution < 1.29 is 9.59 Å². The van der Waals surface area contributed by atoms with Crippen LogP contribution in [0.25, 0.3) is 0 Å². The highest BCUT2D eigenvalue weighted by Gasteiger charge is 2.26. The summed E-state index contributed by atoms with van der Waals surface area (Å²) >= 11 is 19.6. The van der Waals surface area contributed by atoms with Crippen LogP contribution in [0.15, 0.2) is 47.4 Å². The first-order valence-corrected chi connectivity index (χ1v) is 11.3. The number of thioether (sulfide) groups is 1. The fourth-order valence-corrected chi connectivity index (χ4v) is 3.95. The van der Waals surface area contributed by atoms with Crippen molar-refractivity contribution >= 4 is 58.4 Å². The molecule has 0 bridgehead atoms. The Morgan fingerprint density at radius 3 is 2.34 bits per heavy atom. The van der Waals surface area contributed by atoms with Crippen LogP contribution in [0.3, 0.4) is 0 Å². The topological polar surface area (TPSA) is 49.4 Å². The second-order valence-electron chi connectivity index (χ2n) is 6.47. The maximum absolute atomic E-state index is 13.0. The first kappa shape index (κ1) is 23.9. The molecule has 0 aliphatic rings. The Bertz CT molecular complexity index is 846. The molecule has 29 heavy (non-hydrogen) atoms. The minimum atomic E-state index is -0.633. The molecule has 2 aromatic rings. The first-order valence-electron chi connectivity index (χ1n) is 9.21. The number of rotatable bonds is 9. The molecule has 0 fully saturated rings. The predicted molar refractivity (Wildman–Crippen MR) is 122 cm³/mol. The van der Waals surface area contributed by atoms with Crippen molar-refractivity contribution in [2.45, 2.75) is 37.8 Å². The number of carbonyl (C=O) groups excluding carboxylic acids is 2. The molecule has 0 aromatic heterocycles. The van der Waals surface area contributed by atoms with E-state index in [-0.39, 0.29) is 24.1 Å². The number of hydrogen-bond donors (Lipinski definition) is 1. The summed E-state index contributed by atoms with van der Waals surface area (Å²) in [6.07, 6.45) is 0.821. The number of halogens is 3. The monoisotopic (exact) mass is 472 g/mol. The zero-order valence-electron chi connectivity index (χ0n) is 16.3. The Labute approximate surface area is 190 Å². The molecule has 2 amide bonds. The van der Waals surface area contributed by atoms with Gasteiger partial charge in [-0.1, -0.05) is 47.8 Å². The number of hydrogen-bond acceptors (Lipinski definition) is 3. The number of benzene rings is 2. The lowest BCUT2D eigenvalue weighted by Gasteiger charge is -2.29. The summed E-state index contributed by atoms with van der Waals surface area (Å²) in [5, 5.41) is 4.47. The van der Waals surface area contributed by atoms with E-state index in [9.17, 15) is 9.59 Å². The van der Waals surface area contributed by atoms with Gasteiger partial charge in [-0.15, -0.1) is 11.8 Å². The van der Waals surface area contributed by atoms with Crippen LogP contribution in [0.1, 0.15) is 25.8 Å². The van der Waals surface area contributed by atoms with Crippen LogP contribution >= 0.6 is 46.6 Å². The third-order valence-electron chi connectivity index (χ3n) is 4.25. The highest BCUT2D eigenvalue weighted by atomic mass is 35.5. The van der Waals surface area contributed by atoms with Gasteiger partial charge in [-0.05, 0) is 55.3 Å². The lowest BCUT2D eigenvalue weighted by Crippen LogP contribution is -2.48. The minimum absolute atomic E-state index is 0.157. The molecule has 0 heterocycles. The molecule has 1 atom stereocenters. The van der Waals surface area contributed by atoms with Gasteiger partial charge in [0, 0.05) is 33.1 Å². The average molecular weight is 474 g/mol. The van der Waals surface area contributed by atoms with E-state index in [1.807, 2.05) is 19.1 Å². The number of amides is 2. The third kappa shape index (κ3) is 7.41. The molecular weight excluding hydrogens is 451 g/mol. The van der Waals surface area contributed by atoms with E-state index in [4.69, 9.17) is 34.8 Å². The maximum atomic E-state index is 13.0. The maximum Gasteiger partial charge on any atom is 0.242 e. The van der Waals surface area contributed by atoms with Gasteiger partial charge >= 0.3 is 0 Å². The summed E-state index contributed by atoms with van der Waals surface area (Å²) in [6.45, 7) is 4.48. The smallest absolute Gasteiger partial charge is 0.242 e. The molecule has 0 aliphatic carbocycles. The molecule has 2 aromatic carbocycles. The van der Waals surface area contributed by atoms with Crippen LogP contribution in [0, 0.1) is 0 Å². The quantitative estimate of drug-likeness (QED) is 0.476. The van der Waals surface area contributed by atoms with Gasteiger partial charge in [0.15, 0.2) is 0 Å². The molecule has 4 nitrogen and oxygen atoms in total. The first-order chi connectivity index (χ1) is 13.8. The minimum Gasteiger partial charge on any atom is -0.354 e. The van der Waals surface area contributed by atoms with E-state index in [0.717, 1.165) is 16.9 Å². The Morgan fingerprint density at radius 2 is 1.72 bits per heavy atom. The highest BCUT2D eigenvalue weighted by Crippen LogP contribution is 2.25. The lowest BCUT2D eigenvalue weighted by molar-refractivity contribution is -0.138. The van der Waals surface area contributed by atoms with Crippen molar-refractivity contribution in [1.82, 2.24) is 10.2 Å². The van der Waals surface area contributed by atoms with Crippen molar-refractivity contribution in [2.75, 3.05) is 12.3 Å². The highest BCUT2D eigenvalue weighted by molar-refractivity contribution is 8.00. The number of nitrogens with zero attached hydrogens (tertiary/aromatic N) is 1. The predicted octanol–water partition coefficient (Wildman–Crippen LogP) is 5.68. The third-order valence-corrected chi connectivity index (χ3v) is 6.08. The van der Waals surface area contributed by atoms with E-state index in [2.05, 4.69) is 5.32 Å². The molecule has 8 heteroatoms. The summed E-state index contributed by atoms with van der Waals surface area (Å²) in [5.41, 5.74) is 0.732. The van der Waals surface area contributed by atoms with Gasteiger partial charge in [0.25, 0.3) is 0 Å². The molecule has 0 saturated carbocycles. The van der Waals surface area contributed by atoms with Crippen LogP contribution in [0.4, 0.5) is 0 Å². The summed E-state index contributed by atoms with van der Waals surface area (Å²) in [4.78, 5) is 28.0. The summed E-state index contributed by atoms with van der Waals surface area (Å²) in [5.74, 6) is -0.157. The summed E-state index contributed by atoms with van der Waals surface area (Å²) < 4.78 is 0. The van der Waals surface area contributed by atoms with Crippen molar-refractivity contribution in [3.63, 3.8) is 0 Å². The van der Waals surface area contributed by atoms with Crippen LogP contribution < -0.4 is 5.32 Å². The number of nitrogens with one attached hydrogen (secondary N) is 1. The van der Waals surface area contributed by atoms with Gasteiger partial charge in [-0.3, -0.25) is 9.59 Å². The SMILES string of the molecule is CCCNC(=O)C(C)N(Cc1ccc(Cl)cc1Cl)C(=O)CSc1ccc(Cl)cc1. The van der Waals surface area contributed by atoms with E-state index in [0.29, 0.717) is 21.6 Å². The van der Waals surface area contributed by atoms with E-state index in [1.165, 1.54) is 11.8 Å². The molecule has 1 N–H and O–H groups in total. The molecule has 1 unspecified atom stereocenters. The number of carbonyl (C=O) groups is 2. The molecule has 0 spiro atoms. The molecule has 0 saturated heterocycles. The fraction of sp³-hybridized carbons (Fsp3) is 0.333. The van der Waals surface area contributed by atoms with Gasteiger partial charge in [-0.25, -0.2) is 0 Å². The molecule has 156 valence electrons. The van der Waals surface area contributed by atoms with Gasteiger partial charge in [0.05, 0.1) is 5.75 Å². The zero-order valence-corrected chi connectivity index (χ0v) is 19.3. The molecular formula is C21H23Cl3N2O2S. The fourth-order valence-electron chi connectivity index (χ4n) is 2.57. The second kappa shape index (κ2) is 11.7. The van der Waals surface area contributed by atoms with Crippen LogP contribution in [-0.2, 0) is 16.1 Å². The van der Waals surface area contributed by atoms with Gasteiger partial charge in [0.1, 0.15) is 6.04 Å². The van der Waals surface area contributed by atoms with Crippen molar-refractivity contribution in [3.8, 4) is 0 Å². The van der Waals surface area contributed by atoms with Crippen molar-refractivity contribution in [3.05, 3.63) is 63.1 Å².